The minimum Gasteiger partial charge on any atom is -0.334 e. The van der Waals surface area contributed by atoms with Crippen LogP contribution in [0.4, 0.5) is 4.79 Å². The number of hydrogen-bond acceptors (Lipinski definition) is 4. The summed E-state index contributed by atoms with van der Waals surface area (Å²) in [6.45, 7) is 7.87. The Morgan fingerprint density at radius 3 is 2.33 bits per heavy atom. The van der Waals surface area contributed by atoms with Crippen LogP contribution in [0.15, 0.2) is 30.6 Å². The van der Waals surface area contributed by atoms with E-state index in [0.717, 1.165) is 49.8 Å². The molecule has 1 aromatic carbocycles. The molecule has 1 N–H and O–H groups in total. The first kappa shape index (κ1) is 20.8. The second kappa shape index (κ2) is 9.60. The molecule has 0 radical (unpaired) electrons. The standard InChI is InChI=1S/C23H34N6O/c1-18-7-11-28(12-8-18)16-20-5-3-19(4-6-20)15-24-23(30)29-13-9-21(10-14-29)22-26-25-17-27(22)2/h3-6,17-18,21H,7-16H2,1-2H3,(H,24,30). The summed E-state index contributed by atoms with van der Waals surface area (Å²) >= 11 is 0. The number of urea groups is 1. The highest BCUT2D eigenvalue weighted by molar-refractivity contribution is 5.74. The van der Waals surface area contributed by atoms with Gasteiger partial charge < -0.3 is 14.8 Å². The van der Waals surface area contributed by atoms with Gasteiger partial charge in [-0.15, -0.1) is 10.2 Å². The first-order chi connectivity index (χ1) is 14.6. The zero-order chi connectivity index (χ0) is 20.9. The maximum Gasteiger partial charge on any atom is 0.317 e. The average Bonchev–Trinajstić information content (AvgIpc) is 3.20. The summed E-state index contributed by atoms with van der Waals surface area (Å²) in [5.74, 6) is 2.27. The molecule has 2 fully saturated rings. The molecule has 30 heavy (non-hydrogen) atoms. The van der Waals surface area contributed by atoms with Crippen molar-refractivity contribution in [2.24, 2.45) is 13.0 Å². The number of piperidine rings is 2. The summed E-state index contributed by atoms with van der Waals surface area (Å²) in [4.78, 5) is 17.0. The smallest absolute Gasteiger partial charge is 0.317 e. The third kappa shape index (κ3) is 5.19. The van der Waals surface area contributed by atoms with Gasteiger partial charge in [-0.05, 0) is 55.8 Å². The molecule has 0 bridgehead atoms. The number of benzene rings is 1. The predicted octanol–water partition coefficient (Wildman–Crippen LogP) is 3.14. The van der Waals surface area contributed by atoms with E-state index in [1.54, 1.807) is 6.33 Å². The molecule has 2 saturated heterocycles. The van der Waals surface area contributed by atoms with Crippen molar-refractivity contribution in [2.75, 3.05) is 26.2 Å². The van der Waals surface area contributed by atoms with Gasteiger partial charge in [-0.2, -0.15) is 0 Å². The molecule has 4 rings (SSSR count). The number of likely N-dealkylation sites (tertiary alicyclic amines) is 2. The fraction of sp³-hybridized carbons (Fsp3) is 0.609. The number of aryl methyl sites for hydroxylation is 1. The molecule has 0 spiro atoms. The molecule has 7 nitrogen and oxygen atoms in total. The van der Waals surface area contributed by atoms with Crippen molar-refractivity contribution in [2.45, 2.75) is 51.6 Å². The van der Waals surface area contributed by atoms with Crippen LogP contribution >= 0.6 is 0 Å². The molecular formula is C23H34N6O. The average molecular weight is 411 g/mol. The maximum absolute atomic E-state index is 12.6. The van der Waals surface area contributed by atoms with Crippen LogP contribution in [0.5, 0.6) is 0 Å². The minimum atomic E-state index is 0.0259. The van der Waals surface area contributed by atoms with Crippen LogP contribution in [0, 0.1) is 5.92 Å². The SMILES string of the molecule is CC1CCN(Cc2ccc(CNC(=O)N3CCC(c4nncn4C)CC3)cc2)CC1. The van der Waals surface area contributed by atoms with Crippen LogP contribution in [0.3, 0.4) is 0 Å². The van der Waals surface area contributed by atoms with Crippen molar-refractivity contribution in [1.29, 1.82) is 0 Å². The number of carbonyl (C=O) groups is 1. The Balaban J connectivity index is 1.20. The van der Waals surface area contributed by atoms with Gasteiger partial charge in [-0.25, -0.2) is 4.79 Å². The molecule has 0 saturated carbocycles. The Labute approximate surface area is 179 Å². The molecule has 2 aliphatic heterocycles. The fourth-order valence-electron chi connectivity index (χ4n) is 4.53. The van der Waals surface area contributed by atoms with Crippen molar-refractivity contribution < 1.29 is 4.79 Å². The molecule has 0 unspecified atom stereocenters. The van der Waals surface area contributed by atoms with E-state index in [1.165, 1.54) is 31.5 Å². The highest BCUT2D eigenvalue weighted by atomic mass is 16.2. The van der Waals surface area contributed by atoms with Crippen LogP contribution in [0.1, 0.15) is 55.5 Å². The number of carbonyl (C=O) groups excluding carboxylic acids is 1. The number of nitrogens with zero attached hydrogens (tertiary/aromatic N) is 5. The Morgan fingerprint density at radius 1 is 1.03 bits per heavy atom. The number of rotatable bonds is 5. The van der Waals surface area contributed by atoms with E-state index in [2.05, 4.69) is 51.6 Å². The van der Waals surface area contributed by atoms with E-state index in [9.17, 15) is 4.79 Å². The largest absolute Gasteiger partial charge is 0.334 e. The molecule has 0 aliphatic carbocycles. The van der Waals surface area contributed by atoms with Gasteiger partial charge in [0.15, 0.2) is 0 Å². The number of nitrogens with one attached hydrogen (secondary N) is 1. The van der Waals surface area contributed by atoms with E-state index in [1.807, 2.05) is 16.5 Å². The van der Waals surface area contributed by atoms with Crippen molar-refractivity contribution in [3.63, 3.8) is 0 Å². The molecule has 3 heterocycles. The summed E-state index contributed by atoms with van der Waals surface area (Å²) in [5, 5.41) is 11.3. The maximum atomic E-state index is 12.6. The first-order valence-electron chi connectivity index (χ1n) is 11.3. The molecular weight excluding hydrogens is 376 g/mol. The van der Waals surface area contributed by atoms with Gasteiger partial charge in [0.2, 0.25) is 0 Å². The van der Waals surface area contributed by atoms with Gasteiger partial charge in [0, 0.05) is 39.1 Å². The van der Waals surface area contributed by atoms with Gasteiger partial charge in [0.25, 0.3) is 0 Å². The fourth-order valence-corrected chi connectivity index (χ4v) is 4.53. The third-order valence-electron chi connectivity index (χ3n) is 6.64. The van der Waals surface area contributed by atoms with Crippen LogP contribution in [-0.2, 0) is 20.1 Å². The number of hydrogen-bond donors (Lipinski definition) is 1. The van der Waals surface area contributed by atoms with Crippen molar-refractivity contribution in [3.05, 3.63) is 47.5 Å². The monoisotopic (exact) mass is 410 g/mol. The highest BCUT2D eigenvalue weighted by Gasteiger charge is 2.26. The molecule has 7 heteroatoms. The lowest BCUT2D eigenvalue weighted by atomic mass is 9.96. The topological polar surface area (TPSA) is 66.3 Å². The first-order valence-corrected chi connectivity index (χ1v) is 11.3. The lowest BCUT2D eigenvalue weighted by Crippen LogP contribution is -2.44. The Bertz CT molecular complexity index is 816. The van der Waals surface area contributed by atoms with Crippen LogP contribution in [0.2, 0.25) is 0 Å². The van der Waals surface area contributed by atoms with E-state index < -0.39 is 0 Å². The molecule has 2 aromatic rings. The zero-order valence-electron chi connectivity index (χ0n) is 18.3. The Kier molecular flexibility index (Phi) is 6.67. The van der Waals surface area contributed by atoms with Crippen molar-refractivity contribution >= 4 is 6.03 Å². The van der Waals surface area contributed by atoms with Crippen LogP contribution < -0.4 is 5.32 Å². The van der Waals surface area contributed by atoms with E-state index in [0.29, 0.717) is 12.5 Å². The second-order valence-electron chi connectivity index (χ2n) is 9.00. The van der Waals surface area contributed by atoms with Gasteiger partial charge in [-0.3, -0.25) is 4.90 Å². The lowest BCUT2D eigenvalue weighted by Gasteiger charge is -2.31. The summed E-state index contributed by atoms with van der Waals surface area (Å²) in [5.41, 5.74) is 2.50. The normalized spacial score (nSPS) is 19.2. The van der Waals surface area contributed by atoms with Gasteiger partial charge in [0.05, 0.1) is 0 Å². The minimum absolute atomic E-state index is 0.0259. The lowest BCUT2D eigenvalue weighted by molar-refractivity contribution is 0.179. The molecule has 1 aromatic heterocycles. The second-order valence-corrected chi connectivity index (χ2v) is 9.00. The molecule has 2 aliphatic rings. The van der Waals surface area contributed by atoms with Gasteiger partial charge >= 0.3 is 6.03 Å². The molecule has 0 atom stereocenters. The van der Waals surface area contributed by atoms with Gasteiger partial charge in [0.1, 0.15) is 12.2 Å². The number of amides is 2. The van der Waals surface area contributed by atoms with Crippen molar-refractivity contribution in [1.82, 2.24) is 29.9 Å². The third-order valence-corrected chi connectivity index (χ3v) is 6.64. The summed E-state index contributed by atoms with van der Waals surface area (Å²) < 4.78 is 1.98. The van der Waals surface area contributed by atoms with Crippen LogP contribution in [0.25, 0.3) is 0 Å². The highest BCUT2D eigenvalue weighted by Crippen LogP contribution is 2.26. The Morgan fingerprint density at radius 2 is 1.70 bits per heavy atom. The zero-order valence-corrected chi connectivity index (χ0v) is 18.3. The summed E-state index contributed by atoms with van der Waals surface area (Å²) in [7, 11) is 1.98. The predicted molar refractivity (Wildman–Crippen MR) is 117 cm³/mol. The van der Waals surface area contributed by atoms with E-state index in [-0.39, 0.29) is 6.03 Å². The summed E-state index contributed by atoms with van der Waals surface area (Å²) in [6, 6.07) is 8.71. The van der Waals surface area contributed by atoms with Crippen LogP contribution in [-0.4, -0.2) is 56.8 Å². The molecule has 162 valence electrons. The van der Waals surface area contributed by atoms with E-state index in [4.69, 9.17) is 0 Å². The number of aromatic nitrogens is 3. The Hall–Kier alpha value is -2.41. The molecule has 2 amide bonds. The van der Waals surface area contributed by atoms with E-state index >= 15 is 0 Å². The quantitative estimate of drug-likeness (QED) is 0.822. The van der Waals surface area contributed by atoms with Gasteiger partial charge in [-0.1, -0.05) is 31.2 Å². The van der Waals surface area contributed by atoms with Crippen molar-refractivity contribution in [3.8, 4) is 0 Å². The summed E-state index contributed by atoms with van der Waals surface area (Å²) in [6.07, 6.45) is 6.22.